The lowest BCUT2D eigenvalue weighted by molar-refractivity contribution is -0.141. The lowest BCUT2D eigenvalue weighted by Crippen LogP contribution is -2.34. The minimum Gasteiger partial charge on any atom is -0.490 e. The molecule has 2 N–H and O–H groups in total. The molecule has 2 heterocycles. The van der Waals surface area contributed by atoms with Crippen molar-refractivity contribution in [3.63, 3.8) is 0 Å². The Balaban J connectivity index is 1.71. The number of rotatable bonds is 5. The molecule has 1 aromatic carbocycles. The normalized spacial score (nSPS) is 17.0. The van der Waals surface area contributed by atoms with Gasteiger partial charge in [0.2, 0.25) is 0 Å². The number of primary amides is 1. The number of hydrogen-bond donors (Lipinski definition) is 1. The van der Waals surface area contributed by atoms with E-state index < -0.39 is 23.6 Å². The highest BCUT2D eigenvalue weighted by atomic mass is 35.5. The summed E-state index contributed by atoms with van der Waals surface area (Å²) in [4.78, 5) is 16.5. The first-order valence-corrected chi connectivity index (χ1v) is 8.76. The van der Waals surface area contributed by atoms with E-state index >= 15 is 0 Å². The van der Waals surface area contributed by atoms with Crippen LogP contribution in [0.25, 0.3) is 0 Å². The number of anilines is 1. The molecule has 1 atom stereocenters. The minimum atomic E-state index is -4.50. The first kappa shape index (κ1) is 20.2. The lowest BCUT2D eigenvalue weighted by Gasteiger charge is -2.27. The van der Waals surface area contributed by atoms with Crippen LogP contribution in [0, 0.1) is 5.82 Å². The zero-order valence-corrected chi connectivity index (χ0v) is 15.2. The number of amides is 1. The molecule has 10 heteroatoms. The van der Waals surface area contributed by atoms with Gasteiger partial charge in [-0.05, 0) is 31.0 Å². The van der Waals surface area contributed by atoms with Crippen molar-refractivity contribution < 1.29 is 27.1 Å². The standard InChI is InChI=1S/C18H16ClF4N3O2/c19-13-6-12(17(24)27)14(20)7-15(13)28-9-11-2-1-5-26(11)10-3-4-16(25-8-10)18(21,22)23/h3-4,6-8,11H,1-2,5,9H2,(H2,24,27)/t11-/m1/s1. The number of nitrogens with zero attached hydrogens (tertiary/aromatic N) is 2. The van der Waals surface area contributed by atoms with Gasteiger partial charge in [-0.2, -0.15) is 13.2 Å². The number of pyridine rings is 1. The molecule has 2 aromatic rings. The summed E-state index contributed by atoms with van der Waals surface area (Å²) in [6, 6.07) is 4.24. The van der Waals surface area contributed by atoms with Crippen LogP contribution in [-0.2, 0) is 6.18 Å². The monoisotopic (exact) mass is 417 g/mol. The summed E-state index contributed by atoms with van der Waals surface area (Å²) in [6.45, 7) is 0.764. The fourth-order valence-electron chi connectivity index (χ4n) is 3.09. The van der Waals surface area contributed by atoms with Crippen LogP contribution < -0.4 is 15.4 Å². The van der Waals surface area contributed by atoms with Crippen LogP contribution >= 0.6 is 11.6 Å². The molecule has 0 radical (unpaired) electrons. The number of benzene rings is 1. The second kappa shape index (κ2) is 7.83. The number of hydrogen-bond acceptors (Lipinski definition) is 4. The number of carbonyl (C=O) groups is 1. The van der Waals surface area contributed by atoms with Crippen molar-refractivity contribution in [2.45, 2.75) is 25.1 Å². The van der Waals surface area contributed by atoms with Crippen molar-refractivity contribution in [1.29, 1.82) is 0 Å². The number of carbonyl (C=O) groups excluding carboxylic acids is 1. The number of halogens is 5. The second-order valence-corrected chi connectivity index (χ2v) is 6.73. The second-order valence-electron chi connectivity index (χ2n) is 6.33. The van der Waals surface area contributed by atoms with E-state index in [0.717, 1.165) is 31.0 Å². The Kier molecular flexibility index (Phi) is 5.64. The Morgan fingerprint density at radius 3 is 2.71 bits per heavy atom. The SMILES string of the molecule is NC(=O)c1cc(Cl)c(OC[C@H]2CCCN2c2ccc(C(F)(F)F)nc2)cc1F. The number of nitrogens with two attached hydrogens (primary N) is 1. The molecule has 0 unspecified atom stereocenters. The quantitative estimate of drug-likeness (QED) is 0.745. The first-order chi connectivity index (χ1) is 13.2. The fraction of sp³-hybridized carbons (Fsp3) is 0.333. The van der Waals surface area contributed by atoms with E-state index in [0.29, 0.717) is 12.2 Å². The van der Waals surface area contributed by atoms with E-state index in [9.17, 15) is 22.4 Å². The molecule has 0 aliphatic carbocycles. The van der Waals surface area contributed by atoms with Crippen LogP contribution in [0.2, 0.25) is 5.02 Å². The molecule has 0 bridgehead atoms. The van der Waals surface area contributed by atoms with E-state index in [4.69, 9.17) is 22.1 Å². The van der Waals surface area contributed by atoms with E-state index in [1.807, 2.05) is 4.90 Å². The average molecular weight is 418 g/mol. The summed E-state index contributed by atoms with van der Waals surface area (Å²) < 4.78 is 57.5. The molecule has 0 spiro atoms. The van der Waals surface area contributed by atoms with Crippen LogP contribution in [0.5, 0.6) is 5.75 Å². The van der Waals surface area contributed by atoms with Crippen molar-refractivity contribution in [2.24, 2.45) is 5.73 Å². The topological polar surface area (TPSA) is 68.5 Å². The molecule has 3 rings (SSSR count). The molecule has 28 heavy (non-hydrogen) atoms. The van der Waals surface area contributed by atoms with Gasteiger partial charge in [-0.25, -0.2) is 9.37 Å². The first-order valence-electron chi connectivity index (χ1n) is 8.38. The third kappa shape index (κ3) is 4.30. The Hall–Kier alpha value is -2.55. The largest absolute Gasteiger partial charge is 0.490 e. The Labute approximate surface area is 163 Å². The summed E-state index contributed by atoms with van der Waals surface area (Å²) in [5.74, 6) is -1.73. The summed E-state index contributed by atoms with van der Waals surface area (Å²) >= 11 is 6.01. The van der Waals surface area contributed by atoms with E-state index in [-0.39, 0.29) is 29.0 Å². The maximum Gasteiger partial charge on any atom is 0.433 e. The van der Waals surface area contributed by atoms with Gasteiger partial charge in [0.15, 0.2) is 0 Å². The maximum absolute atomic E-state index is 13.9. The molecule has 150 valence electrons. The Morgan fingerprint density at radius 1 is 1.36 bits per heavy atom. The molecule has 1 aliphatic heterocycles. The molecule has 1 aliphatic rings. The fourth-order valence-corrected chi connectivity index (χ4v) is 3.30. The van der Waals surface area contributed by atoms with E-state index in [2.05, 4.69) is 4.98 Å². The smallest absolute Gasteiger partial charge is 0.433 e. The van der Waals surface area contributed by atoms with Gasteiger partial charge >= 0.3 is 6.18 Å². The highest BCUT2D eigenvalue weighted by molar-refractivity contribution is 6.32. The highest BCUT2D eigenvalue weighted by Gasteiger charge is 2.33. The summed E-state index contributed by atoms with van der Waals surface area (Å²) in [6.07, 6.45) is -1.77. The Bertz CT molecular complexity index is 874. The van der Waals surface area contributed by atoms with Crippen LogP contribution in [0.4, 0.5) is 23.2 Å². The molecule has 1 saturated heterocycles. The van der Waals surface area contributed by atoms with E-state index in [1.165, 1.54) is 12.3 Å². The number of alkyl halides is 3. The van der Waals surface area contributed by atoms with Gasteiger partial charge < -0.3 is 15.4 Å². The Morgan fingerprint density at radius 2 is 2.11 bits per heavy atom. The van der Waals surface area contributed by atoms with Crippen LogP contribution in [0.1, 0.15) is 28.9 Å². The average Bonchev–Trinajstić information content (AvgIpc) is 3.09. The van der Waals surface area contributed by atoms with Gasteiger partial charge in [-0.3, -0.25) is 4.79 Å². The van der Waals surface area contributed by atoms with Gasteiger partial charge in [0, 0.05) is 12.6 Å². The zero-order chi connectivity index (χ0) is 20.5. The molecule has 1 fully saturated rings. The molecule has 1 aromatic heterocycles. The van der Waals surface area contributed by atoms with Gasteiger partial charge in [0.25, 0.3) is 5.91 Å². The van der Waals surface area contributed by atoms with Gasteiger partial charge in [0.1, 0.15) is 23.9 Å². The zero-order valence-electron chi connectivity index (χ0n) is 14.5. The number of ether oxygens (including phenoxy) is 1. The van der Waals surface area contributed by atoms with Gasteiger partial charge in [-0.15, -0.1) is 0 Å². The third-order valence-corrected chi connectivity index (χ3v) is 4.76. The predicted molar refractivity (Wildman–Crippen MR) is 95.0 cm³/mol. The summed E-state index contributed by atoms with van der Waals surface area (Å²) in [5.41, 5.74) is 4.31. The van der Waals surface area contributed by atoms with Crippen molar-refractivity contribution in [2.75, 3.05) is 18.1 Å². The van der Waals surface area contributed by atoms with Crippen molar-refractivity contribution >= 4 is 23.2 Å². The van der Waals surface area contributed by atoms with Crippen molar-refractivity contribution in [3.8, 4) is 5.75 Å². The molecular formula is C18H16ClF4N3O2. The lowest BCUT2D eigenvalue weighted by atomic mass is 10.2. The third-order valence-electron chi connectivity index (χ3n) is 4.47. The molecular weight excluding hydrogens is 402 g/mol. The molecule has 5 nitrogen and oxygen atoms in total. The van der Waals surface area contributed by atoms with Gasteiger partial charge in [0.05, 0.1) is 28.5 Å². The van der Waals surface area contributed by atoms with Crippen molar-refractivity contribution in [3.05, 3.63) is 52.6 Å². The highest BCUT2D eigenvalue weighted by Crippen LogP contribution is 2.32. The van der Waals surface area contributed by atoms with Crippen LogP contribution in [-0.4, -0.2) is 30.1 Å². The predicted octanol–water partition coefficient (Wildman–Crippen LogP) is 4.04. The summed E-state index contributed by atoms with van der Waals surface area (Å²) in [5, 5.41) is 0.0379. The van der Waals surface area contributed by atoms with Crippen molar-refractivity contribution in [1.82, 2.24) is 4.98 Å². The van der Waals surface area contributed by atoms with Crippen LogP contribution in [0.15, 0.2) is 30.5 Å². The van der Waals surface area contributed by atoms with Gasteiger partial charge in [-0.1, -0.05) is 11.6 Å². The van der Waals surface area contributed by atoms with E-state index in [1.54, 1.807) is 0 Å². The molecule has 0 saturated carbocycles. The maximum atomic E-state index is 13.9. The molecule has 1 amide bonds. The minimum absolute atomic E-state index is 0.0379. The summed E-state index contributed by atoms with van der Waals surface area (Å²) in [7, 11) is 0. The number of aromatic nitrogens is 1. The van der Waals surface area contributed by atoms with Crippen LogP contribution in [0.3, 0.4) is 0 Å².